The van der Waals surface area contributed by atoms with Gasteiger partial charge in [-0.2, -0.15) is 0 Å². The first-order valence-electron chi connectivity index (χ1n) is 8.96. The quantitative estimate of drug-likeness (QED) is 0.752. The molecule has 0 spiro atoms. The highest BCUT2D eigenvalue weighted by molar-refractivity contribution is 5.14. The Morgan fingerprint density at radius 2 is 1.57 bits per heavy atom. The van der Waals surface area contributed by atoms with Gasteiger partial charge in [-0.15, -0.1) is 0 Å². The standard InChI is InChI=1S/C19H28F2N2/c20-19(21)15-22-10-8-16(9-11-22)6-7-18-13-23(14-18)12-17-4-2-1-3-5-17/h1-5,16,18-19H,6-15H2. The molecular formula is C19H28F2N2. The van der Waals surface area contributed by atoms with Crippen molar-refractivity contribution < 1.29 is 8.78 Å². The highest BCUT2D eigenvalue weighted by atomic mass is 19.3. The van der Waals surface area contributed by atoms with E-state index >= 15 is 0 Å². The van der Waals surface area contributed by atoms with E-state index in [4.69, 9.17) is 0 Å². The van der Waals surface area contributed by atoms with E-state index in [0.29, 0.717) is 0 Å². The Labute approximate surface area is 138 Å². The number of hydrogen-bond acceptors (Lipinski definition) is 2. The lowest BCUT2D eigenvalue weighted by Gasteiger charge is -2.40. The highest BCUT2D eigenvalue weighted by Gasteiger charge is 2.28. The first-order valence-corrected chi connectivity index (χ1v) is 8.96. The molecule has 0 atom stereocenters. The van der Waals surface area contributed by atoms with Crippen LogP contribution in [-0.2, 0) is 6.54 Å². The predicted molar refractivity (Wildman–Crippen MR) is 89.6 cm³/mol. The molecule has 0 bridgehead atoms. The largest absolute Gasteiger partial charge is 0.298 e. The molecule has 3 rings (SSSR count). The number of rotatable bonds is 7. The van der Waals surface area contributed by atoms with Crippen molar-refractivity contribution in [2.75, 3.05) is 32.7 Å². The minimum atomic E-state index is -2.18. The first kappa shape index (κ1) is 16.8. The van der Waals surface area contributed by atoms with Gasteiger partial charge in [0.25, 0.3) is 6.43 Å². The fraction of sp³-hybridized carbons (Fsp3) is 0.684. The highest BCUT2D eigenvalue weighted by Crippen LogP contribution is 2.28. The summed E-state index contributed by atoms with van der Waals surface area (Å²) in [5.74, 6) is 1.60. The van der Waals surface area contributed by atoms with Crippen LogP contribution in [0.2, 0.25) is 0 Å². The summed E-state index contributed by atoms with van der Waals surface area (Å²) in [6, 6.07) is 10.7. The van der Waals surface area contributed by atoms with Crippen molar-refractivity contribution in [3.63, 3.8) is 0 Å². The Morgan fingerprint density at radius 3 is 2.22 bits per heavy atom. The number of piperidine rings is 1. The predicted octanol–water partition coefficient (Wildman–Crippen LogP) is 3.88. The zero-order valence-electron chi connectivity index (χ0n) is 13.8. The van der Waals surface area contributed by atoms with E-state index in [0.717, 1.165) is 44.3 Å². The smallest absolute Gasteiger partial charge is 0.251 e. The Morgan fingerprint density at radius 1 is 0.913 bits per heavy atom. The molecule has 0 amide bonds. The lowest BCUT2D eigenvalue weighted by Crippen LogP contribution is -2.46. The molecule has 2 heterocycles. The Kier molecular flexibility index (Phi) is 6.01. The summed E-state index contributed by atoms with van der Waals surface area (Å²) >= 11 is 0. The van der Waals surface area contributed by atoms with E-state index in [9.17, 15) is 8.78 Å². The summed E-state index contributed by atoms with van der Waals surface area (Å²) in [7, 11) is 0. The molecule has 0 radical (unpaired) electrons. The van der Waals surface area contributed by atoms with Crippen LogP contribution >= 0.6 is 0 Å². The zero-order valence-corrected chi connectivity index (χ0v) is 13.8. The maximum Gasteiger partial charge on any atom is 0.251 e. The van der Waals surface area contributed by atoms with E-state index < -0.39 is 6.43 Å². The Balaban J connectivity index is 1.27. The second-order valence-corrected chi connectivity index (χ2v) is 7.26. The van der Waals surface area contributed by atoms with Crippen LogP contribution in [0.1, 0.15) is 31.2 Å². The van der Waals surface area contributed by atoms with Crippen molar-refractivity contribution in [3.8, 4) is 0 Å². The summed E-state index contributed by atoms with van der Waals surface area (Å²) in [6.07, 6.45) is 2.62. The number of benzene rings is 1. The molecule has 2 nitrogen and oxygen atoms in total. The molecule has 2 saturated heterocycles. The molecule has 128 valence electrons. The van der Waals surface area contributed by atoms with Crippen LogP contribution in [0.5, 0.6) is 0 Å². The summed E-state index contributed by atoms with van der Waals surface area (Å²) in [5.41, 5.74) is 1.40. The van der Waals surface area contributed by atoms with Crippen molar-refractivity contribution >= 4 is 0 Å². The fourth-order valence-electron chi connectivity index (χ4n) is 3.95. The van der Waals surface area contributed by atoms with Crippen LogP contribution in [0.15, 0.2) is 30.3 Å². The number of likely N-dealkylation sites (tertiary alicyclic amines) is 2. The third kappa shape index (κ3) is 5.25. The SMILES string of the molecule is FC(F)CN1CCC(CCC2CN(Cc3ccccc3)C2)CC1. The Bertz CT molecular complexity index is 452. The van der Waals surface area contributed by atoms with E-state index in [1.54, 1.807) is 0 Å². The average Bonchev–Trinajstić information content (AvgIpc) is 2.51. The van der Waals surface area contributed by atoms with Crippen LogP contribution < -0.4 is 0 Å². The van der Waals surface area contributed by atoms with Crippen LogP contribution in [0.25, 0.3) is 0 Å². The van der Waals surface area contributed by atoms with Gasteiger partial charge >= 0.3 is 0 Å². The van der Waals surface area contributed by atoms with Gasteiger partial charge in [0, 0.05) is 19.6 Å². The van der Waals surface area contributed by atoms with Gasteiger partial charge in [-0.25, -0.2) is 8.78 Å². The van der Waals surface area contributed by atoms with E-state index in [1.807, 2.05) is 4.90 Å². The van der Waals surface area contributed by atoms with E-state index in [-0.39, 0.29) is 6.54 Å². The molecule has 0 unspecified atom stereocenters. The van der Waals surface area contributed by atoms with Crippen molar-refractivity contribution in [1.82, 2.24) is 9.80 Å². The number of nitrogens with zero attached hydrogens (tertiary/aromatic N) is 2. The average molecular weight is 322 g/mol. The topological polar surface area (TPSA) is 6.48 Å². The van der Waals surface area contributed by atoms with Gasteiger partial charge in [0.2, 0.25) is 0 Å². The summed E-state index contributed by atoms with van der Waals surface area (Å²) in [5, 5.41) is 0. The van der Waals surface area contributed by atoms with E-state index in [2.05, 4.69) is 35.2 Å². The molecule has 1 aromatic carbocycles. The third-order valence-corrected chi connectivity index (χ3v) is 5.37. The maximum absolute atomic E-state index is 12.4. The van der Waals surface area contributed by atoms with Crippen LogP contribution in [0.3, 0.4) is 0 Å². The molecule has 0 saturated carbocycles. The third-order valence-electron chi connectivity index (χ3n) is 5.37. The van der Waals surface area contributed by atoms with Gasteiger partial charge < -0.3 is 0 Å². The summed E-state index contributed by atoms with van der Waals surface area (Å²) in [4.78, 5) is 4.44. The molecule has 2 aliphatic rings. The van der Waals surface area contributed by atoms with Gasteiger partial charge in [-0.05, 0) is 56.2 Å². The van der Waals surface area contributed by atoms with Gasteiger partial charge in [-0.3, -0.25) is 9.80 Å². The van der Waals surface area contributed by atoms with Crippen LogP contribution in [0.4, 0.5) is 8.78 Å². The lowest BCUT2D eigenvalue weighted by atomic mass is 9.86. The molecule has 23 heavy (non-hydrogen) atoms. The number of halogens is 2. The molecular weight excluding hydrogens is 294 g/mol. The fourth-order valence-corrected chi connectivity index (χ4v) is 3.95. The molecule has 4 heteroatoms. The molecule has 0 N–H and O–H groups in total. The maximum atomic E-state index is 12.4. The lowest BCUT2D eigenvalue weighted by molar-refractivity contribution is 0.0590. The van der Waals surface area contributed by atoms with Gasteiger partial charge in [0.05, 0.1) is 6.54 Å². The van der Waals surface area contributed by atoms with Crippen LogP contribution in [0, 0.1) is 11.8 Å². The van der Waals surface area contributed by atoms with E-state index in [1.165, 1.54) is 31.5 Å². The molecule has 0 aliphatic carbocycles. The molecule has 2 fully saturated rings. The van der Waals surface area contributed by atoms with Crippen molar-refractivity contribution in [1.29, 1.82) is 0 Å². The van der Waals surface area contributed by atoms with Gasteiger partial charge in [0.1, 0.15) is 0 Å². The first-order chi connectivity index (χ1) is 11.2. The number of hydrogen-bond donors (Lipinski definition) is 0. The zero-order chi connectivity index (χ0) is 16.1. The minimum Gasteiger partial charge on any atom is -0.298 e. The number of alkyl halides is 2. The van der Waals surface area contributed by atoms with Crippen LogP contribution in [-0.4, -0.2) is 48.9 Å². The van der Waals surface area contributed by atoms with Crippen molar-refractivity contribution in [2.24, 2.45) is 11.8 Å². The summed E-state index contributed by atoms with van der Waals surface area (Å²) in [6.45, 7) is 5.20. The normalized spacial score (nSPS) is 21.7. The Hall–Kier alpha value is -1.00. The minimum absolute atomic E-state index is 0.0379. The van der Waals surface area contributed by atoms with Crippen molar-refractivity contribution in [3.05, 3.63) is 35.9 Å². The van der Waals surface area contributed by atoms with Gasteiger partial charge in [0.15, 0.2) is 0 Å². The van der Waals surface area contributed by atoms with Gasteiger partial charge in [-0.1, -0.05) is 30.3 Å². The summed E-state index contributed by atoms with van der Waals surface area (Å²) < 4.78 is 24.7. The monoisotopic (exact) mass is 322 g/mol. The second-order valence-electron chi connectivity index (χ2n) is 7.26. The second kappa shape index (κ2) is 8.20. The molecule has 0 aromatic heterocycles. The molecule has 1 aromatic rings. The van der Waals surface area contributed by atoms with Crippen molar-refractivity contribution in [2.45, 2.75) is 38.7 Å². The molecule has 2 aliphatic heterocycles.